The third-order valence-corrected chi connectivity index (χ3v) is 13.2. The van der Waals surface area contributed by atoms with Crippen molar-refractivity contribution in [3.8, 4) is 17.2 Å². The summed E-state index contributed by atoms with van der Waals surface area (Å²) in [5.74, 6) is -0.779. The van der Waals surface area contributed by atoms with Crippen molar-refractivity contribution in [1.82, 2.24) is 19.1 Å². The molecule has 64 heavy (non-hydrogen) atoms. The number of aromatic amines is 1. The monoisotopic (exact) mass is 898 g/mol. The van der Waals surface area contributed by atoms with Gasteiger partial charge in [-0.15, -0.1) is 0 Å². The minimum Gasteiger partial charge on any atom is -0.497 e. The summed E-state index contributed by atoms with van der Waals surface area (Å²) < 4.78 is 40.3. The lowest BCUT2D eigenvalue weighted by Gasteiger charge is -2.44. The van der Waals surface area contributed by atoms with Gasteiger partial charge in [-0.25, -0.2) is 9.46 Å². The Morgan fingerprint density at radius 3 is 1.84 bits per heavy atom. The van der Waals surface area contributed by atoms with Crippen LogP contribution in [0.1, 0.15) is 79.4 Å². The summed E-state index contributed by atoms with van der Waals surface area (Å²) in [6.07, 6.45) is -2.74. The van der Waals surface area contributed by atoms with Crippen LogP contribution in [0.25, 0.3) is 0 Å². The molecule has 1 aliphatic rings. The topological polar surface area (TPSA) is 174 Å². The molecule has 3 N–H and O–H groups in total. The van der Waals surface area contributed by atoms with Crippen molar-refractivity contribution in [3.05, 3.63) is 158 Å². The highest BCUT2D eigenvalue weighted by Gasteiger charge is 2.57. The number of amides is 1. The quantitative estimate of drug-likeness (QED) is 0.0453. The SMILES string of the molecule is COc1ccc(C(=O)N(C)CCC(OC(c2ccccc2)(c2ccc(OC)cc2)c2ccc(OC)cc2)[C@H]2O[C@@H](n3cc(C)c(=O)[nH]c3=O)C[C@]2(O)OP(O)N(C(C)C)C(C)C)cc1. The van der Waals surface area contributed by atoms with Crippen molar-refractivity contribution < 1.29 is 43.0 Å². The van der Waals surface area contributed by atoms with Gasteiger partial charge in [-0.05, 0) is 106 Å². The van der Waals surface area contributed by atoms with Crippen LogP contribution < -0.4 is 25.5 Å². The Balaban J connectivity index is 1.56. The fraction of sp³-hybridized carbons (Fsp3) is 0.396. The van der Waals surface area contributed by atoms with Crippen molar-refractivity contribution in [2.75, 3.05) is 34.9 Å². The van der Waals surface area contributed by atoms with E-state index in [0.717, 1.165) is 0 Å². The van der Waals surface area contributed by atoms with Crippen molar-refractivity contribution in [1.29, 1.82) is 0 Å². The van der Waals surface area contributed by atoms with E-state index in [1.54, 1.807) is 69.1 Å². The molecule has 6 rings (SSSR count). The first-order valence-corrected chi connectivity index (χ1v) is 22.3. The van der Waals surface area contributed by atoms with Crippen molar-refractivity contribution in [3.63, 3.8) is 0 Å². The van der Waals surface area contributed by atoms with Gasteiger partial charge in [-0.1, -0.05) is 54.6 Å². The van der Waals surface area contributed by atoms with E-state index in [-0.39, 0.29) is 42.9 Å². The van der Waals surface area contributed by atoms with E-state index in [2.05, 4.69) is 4.98 Å². The Morgan fingerprint density at radius 2 is 1.34 bits per heavy atom. The molecule has 1 aromatic heterocycles. The second-order valence-electron chi connectivity index (χ2n) is 16.4. The Morgan fingerprint density at radius 1 is 0.844 bits per heavy atom. The first-order valence-electron chi connectivity index (χ1n) is 21.1. The molecule has 2 unspecified atom stereocenters. The van der Waals surface area contributed by atoms with E-state index in [1.165, 1.54) is 10.8 Å². The molecule has 0 saturated carbocycles. The van der Waals surface area contributed by atoms with Gasteiger partial charge in [0.2, 0.25) is 5.79 Å². The molecule has 15 nitrogen and oxygen atoms in total. The molecule has 1 saturated heterocycles. The van der Waals surface area contributed by atoms with Gasteiger partial charge < -0.3 is 38.6 Å². The van der Waals surface area contributed by atoms with Crippen molar-refractivity contribution in [2.45, 2.75) is 89.4 Å². The number of aryl methyl sites for hydroxylation is 1. The summed E-state index contributed by atoms with van der Waals surface area (Å²) >= 11 is 0. The minimum atomic E-state index is -2.48. The lowest BCUT2D eigenvalue weighted by Crippen LogP contribution is -2.52. The van der Waals surface area contributed by atoms with Gasteiger partial charge in [0, 0.05) is 43.0 Å². The van der Waals surface area contributed by atoms with Crippen LogP contribution in [0.2, 0.25) is 0 Å². The van der Waals surface area contributed by atoms with Crippen molar-refractivity contribution >= 4 is 14.4 Å². The van der Waals surface area contributed by atoms with Crippen molar-refractivity contribution in [2.24, 2.45) is 0 Å². The number of aromatic nitrogens is 2. The van der Waals surface area contributed by atoms with Gasteiger partial charge in [0.25, 0.3) is 20.0 Å². The van der Waals surface area contributed by atoms with Gasteiger partial charge >= 0.3 is 5.69 Å². The molecule has 0 aliphatic carbocycles. The average Bonchev–Trinajstić information content (AvgIpc) is 3.63. The number of H-pyrrole nitrogens is 1. The van der Waals surface area contributed by atoms with Gasteiger partial charge in [-0.2, -0.15) is 0 Å². The standard InChI is InChI=1S/C48H59N4O11P/c1-31(2)52(32(3)4)64(57)63-47(56)29-42(51-30-33(5)44(53)49-46(51)55)61-43(47)41(27-28-50(6)45(54)34-15-21-38(58-7)22-16-34)62-48(35-13-11-10-12-14-35,36-17-23-39(59-8)24-18-36)37-19-25-40(60-9)26-20-37/h10-26,30-32,41-43,56-57H,27-29H2,1-9H3,(H,49,53,55)/t41?,42-,43-,47+,64?/m1/s1. The highest BCUT2D eigenvalue weighted by Crippen LogP contribution is 2.52. The fourth-order valence-electron chi connectivity index (χ4n) is 8.21. The second-order valence-corrected chi connectivity index (χ2v) is 17.5. The Hall–Kier alpha value is -5.38. The third-order valence-electron chi connectivity index (χ3n) is 11.4. The van der Waals surface area contributed by atoms with Gasteiger partial charge in [-0.3, -0.25) is 23.7 Å². The number of hydrogen-bond acceptors (Lipinski definition) is 12. The number of rotatable bonds is 19. The van der Waals surface area contributed by atoms with Crippen LogP contribution in [-0.4, -0.2) is 100 Å². The van der Waals surface area contributed by atoms with E-state index in [9.17, 15) is 24.4 Å². The van der Waals surface area contributed by atoms with E-state index in [4.69, 9.17) is 28.2 Å². The van der Waals surface area contributed by atoms with E-state index in [0.29, 0.717) is 39.5 Å². The predicted octanol–water partition coefficient (Wildman–Crippen LogP) is 6.74. The molecule has 5 atom stereocenters. The number of nitrogens with zero attached hydrogens (tertiary/aromatic N) is 3. The fourth-order valence-corrected chi connectivity index (χ4v) is 9.55. The summed E-state index contributed by atoms with van der Waals surface area (Å²) in [5, 5.41) is 13.1. The largest absolute Gasteiger partial charge is 0.497 e. The molecule has 0 bridgehead atoms. The lowest BCUT2D eigenvalue weighted by atomic mass is 9.79. The number of methoxy groups -OCH3 is 3. The molecular weight excluding hydrogens is 840 g/mol. The van der Waals surface area contributed by atoms with Crippen LogP contribution in [0.15, 0.2) is 119 Å². The maximum Gasteiger partial charge on any atom is 0.330 e. The van der Waals surface area contributed by atoms with Crippen LogP contribution in [0.3, 0.4) is 0 Å². The summed E-state index contributed by atoms with van der Waals surface area (Å²) in [6, 6.07) is 30.8. The van der Waals surface area contributed by atoms with Crippen LogP contribution in [0.5, 0.6) is 17.2 Å². The zero-order chi connectivity index (χ0) is 46.3. The first-order chi connectivity index (χ1) is 30.5. The van der Waals surface area contributed by atoms with Gasteiger partial charge in [0.1, 0.15) is 35.2 Å². The number of carbonyl (C=O) groups is 1. The number of carbonyl (C=O) groups excluding carboxylic acids is 1. The third kappa shape index (κ3) is 10.3. The molecular formula is C48H59N4O11P. The maximum atomic E-state index is 14.0. The summed E-state index contributed by atoms with van der Waals surface area (Å²) in [6.45, 7) is 9.28. The molecule has 2 heterocycles. The number of ether oxygens (including phenoxy) is 5. The predicted molar refractivity (Wildman–Crippen MR) is 244 cm³/mol. The van der Waals surface area contributed by atoms with Gasteiger partial charge in [0.05, 0.1) is 33.9 Å². The number of nitrogens with one attached hydrogen (secondary N) is 1. The smallest absolute Gasteiger partial charge is 0.330 e. The zero-order valence-corrected chi connectivity index (χ0v) is 38.7. The van der Waals surface area contributed by atoms with E-state index in [1.807, 2.05) is 107 Å². The molecule has 0 spiro atoms. The highest BCUT2D eigenvalue weighted by atomic mass is 31.2. The average molecular weight is 899 g/mol. The molecule has 16 heteroatoms. The Kier molecular flexibility index (Phi) is 15.5. The molecule has 1 amide bonds. The number of benzene rings is 4. The van der Waals surface area contributed by atoms with E-state index >= 15 is 0 Å². The normalized spacial score (nSPS) is 18.6. The summed E-state index contributed by atoms with van der Waals surface area (Å²) in [4.78, 5) is 55.8. The summed E-state index contributed by atoms with van der Waals surface area (Å²) in [5.41, 5.74) is -0.0594. The van der Waals surface area contributed by atoms with Gasteiger partial charge in [0.15, 0.2) is 0 Å². The molecule has 4 aromatic carbocycles. The molecule has 0 radical (unpaired) electrons. The Labute approximate surface area is 375 Å². The molecule has 5 aromatic rings. The molecule has 1 aliphatic heterocycles. The summed E-state index contributed by atoms with van der Waals surface area (Å²) in [7, 11) is 3.90. The van der Waals surface area contributed by atoms with Crippen LogP contribution in [-0.2, 0) is 19.6 Å². The van der Waals surface area contributed by atoms with E-state index < -0.39 is 49.6 Å². The molecule has 342 valence electrons. The minimum absolute atomic E-state index is 0.0450. The van der Waals surface area contributed by atoms with Crippen LogP contribution in [0.4, 0.5) is 0 Å². The molecule has 1 fully saturated rings. The van der Waals surface area contributed by atoms with Crippen LogP contribution >= 0.6 is 8.53 Å². The lowest BCUT2D eigenvalue weighted by molar-refractivity contribution is -0.227. The zero-order valence-electron chi connectivity index (χ0n) is 37.8. The second kappa shape index (κ2) is 20.6. The maximum absolute atomic E-state index is 14.0. The first kappa shape index (κ1) is 48.1. The highest BCUT2D eigenvalue weighted by molar-refractivity contribution is 7.43. The number of aliphatic hydroxyl groups is 1. The Bertz CT molecular complexity index is 2370. The van der Waals surface area contributed by atoms with Crippen LogP contribution in [0, 0.1) is 6.92 Å². The number of hydrogen-bond donors (Lipinski definition) is 3.